The molecule has 1 aromatic heterocycles. The van der Waals surface area contributed by atoms with E-state index < -0.39 is 5.97 Å². The number of nitrogens with zero attached hydrogens (tertiary/aromatic N) is 1. The monoisotopic (exact) mass is 259 g/mol. The van der Waals surface area contributed by atoms with Gasteiger partial charge in [-0.25, -0.2) is 4.79 Å². The second-order valence-electron chi connectivity index (χ2n) is 4.57. The molecule has 0 unspecified atom stereocenters. The van der Waals surface area contributed by atoms with Crippen LogP contribution in [-0.4, -0.2) is 17.7 Å². The topological polar surface area (TPSA) is 52.3 Å². The highest BCUT2D eigenvalue weighted by atomic mass is 16.5. The van der Waals surface area contributed by atoms with Crippen LogP contribution in [0.3, 0.4) is 0 Å². The summed E-state index contributed by atoms with van der Waals surface area (Å²) in [4.78, 5) is 11.5. The van der Waals surface area contributed by atoms with E-state index in [1.54, 1.807) is 13.0 Å². The lowest BCUT2D eigenvalue weighted by Crippen LogP contribution is -2.04. The summed E-state index contributed by atoms with van der Waals surface area (Å²) in [6.45, 7) is 6.36. The van der Waals surface area contributed by atoms with Crippen molar-refractivity contribution in [2.24, 2.45) is 0 Å². The van der Waals surface area contributed by atoms with E-state index in [1.807, 2.05) is 24.3 Å². The molecule has 0 fully saturated rings. The molecule has 1 heterocycles. The van der Waals surface area contributed by atoms with Crippen molar-refractivity contribution in [3.05, 3.63) is 41.6 Å². The Morgan fingerprint density at radius 1 is 1.32 bits per heavy atom. The van der Waals surface area contributed by atoms with Gasteiger partial charge in [-0.15, -0.1) is 0 Å². The molecule has 0 spiro atoms. The Morgan fingerprint density at radius 3 is 2.58 bits per heavy atom. The second-order valence-corrected chi connectivity index (χ2v) is 4.57. The summed E-state index contributed by atoms with van der Waals surface area (Å²) < 4.78 is 10.0. The lowest BCUT2D eigenvalue weighted by Gasteiger charge is -2.04. The number of hydrogen-bond acceptors (Lipinski definition) is 4. The largest absolute Gasteiger partial charge is 0.461 e. The van der Waals surface area contributed by atoms with E-state index in [1.165, 1.54) is 5.56 Å². The van der Waals surface area contributed by atoms with Crippen LogP contribution in [0.5, 0.6) is 0 Å². The summed E-state index contributed by atoms with van der Waals surface area (Å²) in [6, 6.07) is 9.62. The van der Waals surface area contributed by atoms with Gasteiger partial charge in [0.05, 0.1) is 6.61 Å². The van der Waals surface area contributed by atoms with Crippen molar-refractivity contribution >= 4 is 5.97 Å². The van der Waals surface area contributed by atoms with Gasteiger partial charge in [0.2, 0.25) is 0 Å². The molecule has 0 saturated heterocycles. The lowest BCUT2D eigenvalue weighted by atomic mass is 10.0. The molecule has 0 N–H and O–H groups in total. The van der Waals surface area contributed by atoms with E-state index in [0.717, 1.165) is 5.56 Å². The second kappa shape index (κ2) is 5.69. The highest BCUT2D eigenvalue weighted by Gasteiger charge is 2.14. The predicted octanol–water partition coefficient (Wildman–Crippen LogP) is 3.64. The molecule has 4 nitrogen and oxygen atoms in total. The highest BCUT2D eigenvalue weighted by Crippen LogP contribution is 2.23. The third-order valence-corrected chi connectivity index (χ3v) is 2.86. The number of carbonyl (C=O) groups is 1. The Morgan fingerprint density at radius 2 is 2.00 bits per heavy atom. The Bertz CT molecular complexity index is 555. The molecule has 0 amide bonds. The van der Waals surface area contributed by atoms with Crippen LogP contribution in [0.15, 0.2) is 34.9 Å². The molecule has 1 aromatic carbocycles. The summed E-state index contributed by atoms with van der Waals surface area (Å²) in [5.74, 6) is 0.591. The average molecular weight is 259 g/mol. The predicted molar refractivity (Wildman–Crippen MR) is 72.0 cm³/mol. The Labute approximate surface area is 112 Å². The Hall–Kier alpha value is -2.10. The molecule has 0 aliphatic heterocycles. The average Bonchev–Trinajstić information content (AvgIpc) is 2.89. The van der Waals surface area contributed by atoms with Gasteiger partial charge in [0, 0.05) is 11.6 Å². The first-order valence-corrected chi connectivity index (χ1v) is 6.36. The zero-order valence-corrected chi connectivity index (χ0v) is 11.3. The molecule has 4 heteroatoms. The number of carbonyl (C=O) groups excluding carboxylic acids is 1. The maximum Gasteiger partial charge on any atom is 0.360 e. The van der Waals surface area contributed by atoms with Crippen molar-refractivity contribution in [1.82, 2.24) is 5.16 Å². The van der Waals surface area contributed by atoms with E-state index in [-0.39, 0.29) is 5.69 Å². The van der Waals surface area contributed by atoms with Gasteiger partial charge < -0.3 is 9.26 Å². The van der Waals surface area contributed by atoms with Gasteiger partial charge in [-0.05, 0) is 18.4 Å². The van der Waals surface area contributed by atoms with E-state index in [4.69, 9.17) is 9.26 Å². The summed E-state index contributed by atoms with van der Waals surface area (Å²) in [7, 11) is 0. The Balaban J connectivity index is 2.20. The van der Waals surface area contributed by atoms with Gasteiger partial charge in [-0.3, -0.25) is 0 Å². The van der Waals surface area contributed by atoms with E-state index in [0.29, 0.717) is 18.3 Å². The van der Waals surface area contributed by atoms with Gasteiger partial charge in [0.25, 0.3) is 0 Å². The molecular formula is C15H17NO3. The van der Waals surface area contributed by atoms with Crippen molar-refractivity contribution in [1.29, 1.82) is 0 Å². The number of esters is 1. The van der Waals surface area contributed by atoms with Crippen molar-refractivity contribution < 1.29 is 14.1 Å². The van der Waals surface area contributed by atoms with Crippen LogP contribution in [0.25, 0.3) is 11.3 Å². The van der Waals surface area contributed by atoms with Crippen molar-refractivity contribution in [2.75, 3.05) is 6.61 Å². The van der Waals surface area contributed by atoms with E-state index >= 15 is 0 Å². The minimum atomic E-state index is -0.462. The van der Waals surface area contributed by atoms with Gasteiger partial charge in [0.1, 0.15) is 0 Å². The number of ether oxygens (including phenoxy) is 1. The van der Waals surface area contributed by atoms with Gasteiger partial charge in [0.15, 0.2) is 11.5 Å². The normalized spacial score (nSPS) is 10.7. The van der Waals surface area contributed by atoms with Crippen LogP contribution in [0, 0.1) is 0 Å². The molecule has 2 aromatic rings. The molecule has 100 valence electrons. The SMILES string of the molecule is CCOC(=O)c1cc(-c2ccc(C(C)C)cc2)on1. The molecule has 0 aliphatic rings. The van der Waals surface area contributed by atoms with Crippen molar-refractivity contribution in [3.8, 4) is 11.3 Å². The first kappa shape index (κ1) is 13.3. The maximum absolute atomic E-state index is 11.5. The minimum Gasteiger partial charge on any atom is -0.461 e. The standard InChI is InChI=1S/C15H17NO3/c1-4-18-15(17)13-9-14(19-16-13)12-7-5-11(6-8-12)10(2)3/h5-10H,4H2,1-3H3. The molecule has 0 atom stereocenters. The molecule has 2 rings (SSSR count). The third-order valence-electron chi connectivity index (χ3n) is 2.86. The first-order valence-electron chi connectivity index (χ1n) is 6.36. The maximum atomic E-state index is 11.5. The molecule has 0 bridgehead atoms. The van der Waals surface area contributed by atoms with E-state index in [9.17, 15) is 4.79 Å². The third kappa shape index (κ3) is 3.02. The van der Waals surface area contributed by atoms with Crippen molar-refractivity contribution in [3.63, 3.8) is 0 Å². The summed E-state index contributed by atoms with van der Waals surface area (Å²) in [5, 5.41) is 3.72. The van der Waals surface area contributed by atoms with Crippen LogP contribution in [0.2, 0.25) is 0 Å². The molecular weight excluding hydrogens is 242 g/mol. The molecule has 0 aliphatic carbocycles. The van der Waals surface area contributed by atoms with Crippen LogP contribution in [-0.2, 0) is 4.74 Å². The lowest BCUT2D eigenvalue weighted by molar-refractivity contribution is 0.0514. The minimum absolute atomic E-state index is 0.199. The number of benzene rings is 1. The molecule has 19 heavy (non-hydrogen) atoms. The number of rotatable bonds is 4. The zero-order valence-electron chi connectivity index (χ0n) is 11.3. The van der Waals surface area contributed by atoms with Crippen molar-refractivity contribution in [2.45, 2.75) is 26.7 Å². The van der Waals surface area contributed by atoms with Gasteiger partial charge in [-0.1, -0.05) is 43.3 Å². The fourth-order valence-electron chi connectivity index (χ4n) is 1.74. The van der Waals surface area contributed by atoms with Crippen LogP contribution in [0.1, 0.15) is 42.7 Å². The fraction of sp³-hybridized carbons (Fsp3) is 0.333. The van der Waals surface area contributed by atoms with Crippen LogP contribution >= 0.6 is 0 Å². The Kier molecular flexibility index (Phi) is 4.00. The molecule has 0 radical (unpaired) electrons. The molecule has 0 saturated carbocycles. The summed E-state index contributed by atoms with van der Waals surface area (Å²) in [6.07, 6.45) is 0. The smallest absolute Gasteiger partial charge is 0.360 e. The van der Waals surface area contributed by atoms with Gasteiger partial charge >= 0.3 is 5.97 Å². The first-order chi connectivity index (χ1) is 9.11. The van der Waals surface area contributed by atoms with E-state index in [2.05, 4.69) is 19.0 Å². The number of hydrogen-bond donors (Lipinski definition) is 0. The van der Waals surface area contributed by atoms with Gasteiger partial charge in [-0.2, -0.15) is 0 Å². The summed E-state index contributed by atoms with van der Waals surface area (Å²) >= 11 is 0. The number of aromatic nitrogens is 1. The highest BCUT2D eigenvalue weighted by molar-refractivity contribution is 5.88. The van der Waals surface area contributed by atoms with Crippen LogP contribution < -0.4 is 0 Å². The zero-order chi connectivity index (χ0) is 13.8. The quantitative estimate of drug-likeness (QED) is 0.786. The summed E-state index contributed by atoms with van der Waals surface area (Å²) in [5.41, 5.74) is 2.35. The van der Waals surface area contributed by atoms with Crippen LogP contribution in [0.4, 0.5) is 0 Å². The fourth-order valence-corrected chi connectivity index (χ4v) is 1.74.